The average Bonchev–Trinajstić information content (AvgIpc) is 2.42. The summed E-state index contributed by atoms with van der Waals surface area (Å²) in [6.45, 7) is 5.43. The Balaban J connectivity index is 2.00. The summed E-state index contributed by atoms with van der Waals surface area (Å²) in [4.78, 5) is 2.56. The highest BCUT2D eigenvalue weighted by Gasteiger charge is 2.24. The molecule has 1 heterocycles. The Morgan fingerprint density at radius 2 is 1.88 bits per heavy atom. The monoisotopic (exact) mass is 232 g/mol. The summed E-state index contributed by atoms with van der Waals surface area (Å²) in [5.74, 6) is 0.931. The second-order valence-electron chi connectivity index (χ2n) is 5.05. The van der Waals surface area contributed by atoms with Crippen LogP contribution in [0.1, 0.15) is 37.8 Å². The molecule has 1 unspecified atom stereocenters. The average molecular weight is 232 g/mol. The number of benzene rings is 1. The quantitative estimate of drug-likeness (QED) is 0.865. The largest absolute Gasteiger partial charge is 0.329 e. The third kappa shape index (κ3) is 3.08. The smallest absolute Gasteiger partial charge is 0.0470 e. The molecule has 1 aromatic carbocycles. The number of rotatable bonds is 4. The minimum atomic E-state index is 0.411. The lowest BCUT2D eigenvalue weighted by Gasteiger charge is -2.37. The summed E-state index contributed by atoms with van der Waals surface area (Å²) in [6.07, 6.45) is 3.99. The molecule has 0 radical (unpaired) electrons. The maximum Gasteiger partial charge on any atom is 0.0470 e. The van der Waals surface area contributed by atoms with E-state index in [1.165, 1.54) is 37.9 Å². The molecule has 0 aromatic heterocycles. The Morgan fingerprint density at radius 1 is 1.24 bits per heavy atom. The van der Waals surface area contributed by atoms with E-state index in [1.54, 1.807) is 0 Å². The Labute approximate surface area is 105 Å². The molecule has 17 heavy (non-hydrogen) atoms. The minimum absolute atomic E-state index is 0.411. The lowest BCUT2D eigenvalue weighted by atomic mass is 9.92. The van der Waals surface area contributed by atoms with Gasteiger partial charge in [0.15, 0.2) is 0 Å². The van der Waals surface area contributed by atoms with E-state index in [0.717, 1.165) is 12.5 Å². The molecule has 0 saturated carbocycles. The highest BCUT2D eigenvalue weighted by molar-refractivity contribution is 5.19. The molecule has 0 amide bonds. The highest BCUT2D eigenvalue weighted by atomic mass is 15.2. The second-order valence-corrected chi connectivity index (χ2v) is 5.05. The van der Waals surface area contributed by atoms with Gasteiger partial charge in [0.1, 0.15) is 0 Å². The molecule has 0 bridgehead atoms. The number of nitrogens with two attached hydrogens (primary N) is 1. The molecular weight excluding hydrogens is 208 g/mol. The Morgan fingerprint density at radius 3 is 2.41 bits per heavy atom. The normalized spacial score (nSPS) is 20.4. The molecule has 1 aromatic rings. The second kappa shape index (κ2) is 6.18. The van der Waals surface area contributed by atoms with Crippen molar-refractivity contribution in [3.8, 4) is 0 Å². The van der Waals surface area contributed by atoms with Crippen LogP contribution >= 0.6 is 0 Å². The van der Waals surface area contributed by atoms with Crippen molar-refractivity contribution < 1.29 is 0 Å². The van der Waals surface area contributed by atoms with Crippen molar-refractivity contribution in [1.82, 2.24) is 4.90 Å². The lowest BCUT2D eigenvalue weighted by molar-refractivity contribution is 0.134. The molecule has 2 N–H and O–H groups in total. The SMILES string of the molecule is CCC1CCN(C(CN)c2ccccc2)CC1. The van der Waals surface area contributed by atoms with Crippen LogP contribution in [0.2, 0.25) is 0 Å². The van der Waals surface area contributed by atoms with Crippen molar-refractivity contribution in [1.29, 1.82) is 0 Å². The topological polar surface area (TPSA) is 29.3 Å². The van der Waals surface area contributed by atoms with Gasteiger partial charge in [-0.25, -0.2) is 0 Å². The van der Waals surface area contributed by atoms with Gasteiger partial charge in [0.05, 0.1) is 0 Å². The van der Waals surface area contributed by atoms with Gasteiger partial charge in [0.2, 0.25) is 0 Å². The zero-order valence-corrected chi connectivity index (χ0v) is 10.8. The van der Waals surface area contributed by atoms with Gasteiger partial charge in [-0.05, 0) is 37.4 Å². The van der Waals surface area contributed by atoms with E-state index < -0.39 is 0 Å². The Bertz CT molecular complexity index is 315. The van der Waals surface area contributed by atoms with Crippen LogP contribution in [0.25, 0.3) is 0 Å². The lowest BCUT2D eigenvalue weighted by Crippen LogP contribution is -2.39. The number of hydrogen-bond acceptors (Lipinski definition) is 2. The molecule has 94 valence electrons. The van der Waals surface area contributed by atoms with Gasteiger partial charge in [-0.1, -0.05) is 43.7 Å². The van der Waals surface area contributed by atoms with Crippen LogP contribution in [-0.2, 0) is 0 Å². The van der Waals surface area contributed by atoms with Crippen LogP contribution < -0.4 is 5.73 Å². The predicted molar refractivity (Wildman–Crippen MR) is 72.8 cm³/mol. The summed E-state index contributed by atoms with van der Waals surface area (Å²) in [6, 6.07) is 11.1. The van der Waals surface area contributed by atoms with Crippen LogP contribution in [0.4, 0.5) is 0 Å². The summed E-state index contributed by atoms with van der Waals surface area (Å²) in [7, 11) is 0. The predicted octanol–water partition coefficient (Wildman–Crippen LogP) is 2.81. The van der Waals surface area contributed by atoms with E-state index in [9.17, 15) is 0 Å². The van der Waals surface area contributed by atoms with Crippen molar-refractivity contribution in [2.45, 2.75) is 32.2 Å². The molecule has 0 spiro atoms. The van der Waals surface area contributed by atoms with Crippen LogP contribution in [0.5, 0.6) is 0 Å². The van der Waals surface area contributed by atoms with E-state index >= 15 is 0 Å². The number of likely N-dealkylation sites (tertiary alicyclic amines) is 1. The molecule has 1 saturated heterocycles. The van der Waals surface area contributed by atoms with Crippen molar-refractivity contribution in [3.63, 3.8) is 0 Å². The van der Waals surface area contributed by atoms with Gasteiger partial charge in [-0.3, -0.25) is 4.90 Å². The van der Waals surface area contributed by atoms with Crippen LogP contribution in [0, 0.1) is 5.92 Å². The molecule has 0 aliphatic carbocycles. The third-order valence-corrected chi connectivity index (χ3v) is 4.07. The molecule has 2 nitrogen and oxygen atoms in total. The summed E-state index contributed by atoms with van der Waals surface area (Å²) < 4.78 is 0. The first-order valence-corrected chi connectivity index (χ1v) is 6.84. The minimum Gasteiger partial charge on any atom is -0.329 e. The van der Waals surface area contributed by atoms with Gasteiger partial charge in [0.25, 0.3) is 0 Å². The first-order valence-electron chi connectivity index (χ1n) is 6.84. The zero-order valence-electron chi connectivity index (χ0n) is 10.8. The van der Waals surface area contributed by atoms with Crippen LogP contribution in [-0.4, -0.2) is 24.5 Å². The maximum absolute atomic E-state index is 5.96. The summed E-state index contributed by atoms with van der Waals surface area (Å²) >= 11 is 0. The van der Waals surface area contributed by atoms with Gasteiger partial charge < -0.3 is 5.73 Å². The molecule has 2 heteroatoms. The van der Waals surface area contributed by atoms with Crippen molar-refractivity contribution in [3.05, 3.63) is 35.9 Å². The first kappa shape index (κ1) is 12.6. The third-order valence-electron chi connectivity index (χ3n) is 4.07. The molecule has 2 rings (SSSR count). The van der Waals surface area contributed by atoms with Crippen LogP contribution in [0.3, 0.4) is 0 Å². The number of piperidine rings is 1. The summed E-state index contributed by atoms with van der Waals surface area (Å²) in [5.41, 5.74) is 7.33. The molecular formula is C15H24N2. The first-order chi connectivity index (χ1) is 8.35. The van der Waals surface area contributed by atoms with Crippen LogP contribution in [0.15, 0.2) is 30.3 Å². The fourth-order valence-corrected chi connectivity index (χ4v) is 2.84. The number of hydrogen-bond donors (Lipinski definition) is 1. The van der Waals surface area contributed by atoms with Gasteiger partial charge >= 0.3 is 0 Å². The van der Waals surface area contributed by atoms with Crippen molar-refractivity contribution in [2.75, 3.05) is 19.6 Å². The van der Waals surface area contributed by atoms with E-state index in [2.05, 4.69) is 42.2 Å². The fraction of sp³-hybridized carbons (Fsp3) is 0.600. The van der Waals surface area contributed by atoms with E-state index in [1.807, 2.05) is 0 Å². The van der Waals surface area contributed by atoms with Crippen molar-refractivity contribution in [2.24, 2.45) is 11.7 Å². The zero-order chi connectivity index (χ0) is 12.1. The van der Waals surface area contributed by atoms with Gasteiger partial charge in [-0.2, -0.15) is 0 Å². The highest BCUT2D eigenvalue weighted by Crippen LogP contribution is 2.27. The van der Waals surface area contributed by atoms with E-state index in [0.29, 0.717) is 6.04 Å². The van der Waals surface area contributed by atoms with Gasteiger partial charge in [0, 0.05) is 12.6 Å². The molecule has 1 aliphatic rings. The molecule has 1 atom stereocenters. The standard InChI is InChI=1S/C15H24N2/c1-2-13-8-10-17(11-9-13)15(12-16)14-6-4-3-5-7-14/h3-7,13,15H,2,8-12,16H2,1H3. The van der Waals surface area contributed by atoms with Crippen molar-refractivity contribution >= 4 is 0 Å². The van der Waals surface area contributed by atoms with E-state index in [4.69, 9.17) is 5.73 Å². The van der Waals surface area contributed by atoms with Gasteiger partial charge in [-0.15, -0.1) is 0 Å². The molecule has 1 aliphatic heterocycles. The van der Waals surface area contributed by atoms with E-state index in [-0.39, 0.29) is 0 Å². The Hall–Kier alpha value is -0.860. The molecule has 1 fully saturated rings. The Kier molecular flexibility index (Phi) is 4.57. The fourth-order valence-electron chi connectivity index (χ4n) is 2.84. The maximum atomic E-state index is 5.96. The number of nitrogens with zero attached hydrogens (tertiary/aromatic N) is 1. The summed E-state index contributed by atoms with van der Waals surface area (Å²) in [5, 5.41) is 0.